The molecule has 0 unspecified atom stereocenters. The van der Waals surface area contributed by atoms with Crippen molar-refractivity contribution in [3.05, 3.63) is 30.4 Å². The molecule has 126 valence electrons. The highest BCUT2D eigenvalue weighted by Crippen LogP contribution is 2.53. The molecule has 2 amide bonds. The number of sulfone groups is 1. The minimum Gasteiger partial charge on any atom is -0.506 e. The number of benzene rings is 1. The Kier molecular flexibility index (Phi) is 3.16. The molecule has 1 aliphatic heterocycles. The van der Waals surface area contributed by atoms with E-state index in [1.54, 1.807) is 0 Å². The van der Waals surface area contributed by atoms with Gasteiger partial charge in [-0.2, -0.15) is 0 Å². The highest BCUT2D eigenvalue weighted by molar-refractivity contribution is 7.91. The van der Waals surface area contributed by atoms with Gasteiger partial charge in [-0.15, -0.1) is 0 Å². The van der Waals surface area contributed by atoms with E-state index < -0.39 is 21.7 Å². The molecule has 0 aromatic heterocycles. The second-order valence-corrected chi connectivity index (χ2v) is 8.84. The third-order valence-corrected chi connectivity index (χ3v) is 7.13. The Bertz CT molecular complexity index is 858. The van der Waals surface area contributed by atoms with Crippen LogP contribution in [0.5, 0.6) is 5.75 Å². The van der Waals surface area contributed by atoms with Crippen molar-refractivity contribution in [1.29, 1.82) is 0 Å². The Balaban J connectivity index is 1.79. The molecule has 6 nitrogen and oxygen atoms in total. The molecular weight excluding hydrogens is 330 g/mol. The van der Waals surface area contributed by atoms with Crippen LogP contribution < -0.4 is 4.90 Å². The lowest BCUT2D eigenvalue weighted by molar-refractivity contribution is -0.123. The number of aromatic hydroxyl groups is 1. The molecule has 3 aliphatic rings. The fourth-order valence-electron chi connectivity index (χ4n) is 4.18. The molecule has 4 rings (SSSR count). The van der Waals surface area contributed by atoms with E-state index in [0.29, 0.717) is 0 Å². The average Bonchev–Trinajstić information content (AvgIpc) is 3.22. The normalized spacial score (nSPS) is 31.1. The molecule has 1 aromatic rings. The summed E-state index contributed by atoms with van der Waals surface area (Å²) in [7, 11) is -3.50. The van der Waals surface area contributed by atoms with E-state index in [9.17, 15) is 23.1 Å². The van der Waals surface area contributed by atoms with Crippen LogP contribution in [0.25, 0.3) is 0 Å². The third-order valence-electron chi connectivity index (χ3n) is 5.40. The number of hydrogen-bond donors (Lipinski definition) is 1. The summed E-state index contributed by atoms with van der Waals surface area (Å²) >= 11 is 0. The molecule has 1 saturated carbocycles. The van der Waals surface area contributed by atoms with Crippen LogP contribution in [0.15, 0.2) is 35.2 Å². The highest BCUT2D eigenvalue weighted by atomic mass is 32.2. The lowest BCUT2D eigenvalue weighted by Crippen LogP contribution is -2.33. The van der Waals surface area contributed by atoms with E-state index in [0.717, 1.165) is 11.3 Å². The number of nitrogens with zero attached hydrogens (tertiary/aromatic N) is 1. The van der Waals surface area contributed by atoms with E-state index in [-0.39, 0.29) is 45.7 Å². The van der Waals surface area contributed by atoms with Crippen LogP contribution in [0.2, 0.25) is 0 Å². The molecule has 7 heteroatoms. The van der Waals surface area contributed by atoms with Crippen molar-refractivity contribution in [2.24, 2.45) is 23.7 Å². The smallest absolute Gasteiger partial charge is 0.238 e. The van der Waals surface area contributed by atoms with Crippen molar-refractivity contribution < 1.29 is 23.1 Å². The van der Waals surface area contributed by atoms with Crippen LogP contribution in [0.3, 0.4) is 0 Å². The first-order valence-corrected chi connectivity index (χ1v) is 9.62. The molecular formula is C17H17NO5S. The van der Waals surface area contributed by atoms with Crippen LogP contribution in [0.1, 0.15) is 13.3 Å². The second kappa shape index (κ2) is 4.92. The summed E-state index contributed by atoms with van der Waals surface area (Å²) in [5, 5.41) is 10.1. The highest BCUT2D eigenvalue weighted by Gasteiger charge is 2.59. The third kappa shape index (κ3) is 1.90. The van der Waals surface area contributed by atoms with Crippen molar-refractivity contribution in [3.63, 3.8) is 0 Å². The zero-order valence-electron chi connectivity index (χ0n) is 13.0. The molecule has 1 N–H and O–H groups in total. The zero-order chi connectivity index (χ0) is 17.2. The number of carbonyl (C=O) groups excluding carboxylic acids is 2. The zero-order valence-corrected chi connectivity index (χ0v) is 13.9. The van der Waals surface area contributed by atoms with Gasteiger partial charge >= 0.3 is 0 Å². The van der Waals surface area contributed by atoms with E-state index in [1.165, 1.54) is 25.1 Å². The number of allylic oxidation sites excluding steroid dienone is 2. The SMILES string of the molecule is CCS(=O)(=O)c1ccc(O)c(N2C(=O)[C@@H]3[C@H](C2=O)[C@H]2C=C[C@@H]3C2)c1. The minimum atomic E-state index is -3.50. The first-order chi connectivity index (χ1) is 11.3. The fourth-order valence-corrected chi connectivity index (χ4v) is 5.08. The van der Waals surface area contributed by atoms with Crippen LogP contribution in [0.4, 0.5) is 5.69 Å². The van der Waals surface area contributed by atoms with Gasteiger partial charge < -0.3 is 5.11 Å². The first-order valence-electron chi connectivity index (χ1n) is 7.97. The predicted octanol–water partition coefficient (Wildman–Crippen LogP) is 1.50. The van der Waals surface area contributed by atoms with Gasteiger partial charge in [-0.1, -0.05) is 19.1 Å². The topological polar surface area (TPSA) is 91.8 Å². The van der Waals surface area contributed by atoms with Crippen LogP contribution in [-0.4, -0.2) is 31.1 Å². The number of amides is 2. The van der Waals surface area contributed by atoms with Gasteiger partial charge in [0.25, 0.3) is 0 Å². The first kappa shape index (κ1) is 15.4. The van der Waals surface area contributed by atoms with Gasteiger partial charge in [0.05, 0.1) is 28.2 Å². The number of imide groups is 1. The van der Waals surface area contributed by atoms with Crippen molar-refractivity contribution in [3.8, 4) is 5.75 Å². The molecule has 4 atom stereocenters. The summed E-state index contributed by atoms with van der Waals surface area (Å²) in [5.41, 5.74) is -0.0340. The molecule has 24 heavy (non-hydrogen) atoms. The van der Waals surface area contributed by atoms with Crippen molar-refractivity contribution in [2.75, 3.05) is 10.7 Å². The molecule has 2 bridgehead atoms. The van der Waals surface area contributed by atoms with E-state index in [2.05, 4.69) is 0 Å². The summed E-state index contributed by atoms with van der Waals surface area (Å²) < 4.78 is 24.1. The summed E-state index contributed by atoms with van der Waals surface area (Å²) in [6.07, 6.45) is 4.79. The van der Waals surface area contributed by atoms with Gasteiger partial charge in [0.2, 0.25) is 11.8 Å². The number of anilines is 1. The molecule has 1 aromatic carbocycles. The van der Waals surface area contributed by atoms with Gasteiger partial charge in [0, 0.05) is 0 Å². The van der Waals surface area contributed by atoms with E-state index in [1.807, 2.05) is 12.2 Å². The number of phenols is 1. The molecule has 1 saturated heterocycles. The number of fused-ring (bicyclic) bond motifs is 5. The van der Waals surface area contributed by atoms with E-state index >= 15 is 0 Å². The monoisotopic (exact) mass is 347 g/mol. The predicted molar refractivity (Wildman–Crippen MR) is 86.0 cm³/mol. The van der Waals surface area contributed by atoms with Crippen molar-refractivity contribution in [2.45, 2.75) is 18.2 Å². The Labute approximate surface area is 139 Å². The van der Waals surface area contributed by atoms with Gasteiger partial charge in [-0.25, -0.2) is 13.3 Å². The summed E-state index contributed by atoms with van der Waals surface area (Å²) in [4.78, 5) is 26.5. The van der Waals surface area contributed by atoms with E-state index in [4.69, 9.17) is 0 Å². The standard InChI is InChI=1S/C17H17NO5S/c1-2-24(22,23)11-5-6-13(19)12(8-11)18-16(20)14-9-3-4-10(7-9)15(14)17(18)21/h3-6,8-10,14-15,19H,2,7H2,1H3/t9-,10+,14+,15-. The lowest BCUT2D eigenvalue weighted by atomic mass is 9.85. The number of hydrogen-bond acceptors (Lipinski definition) is 5. The maximum Gasteiger partial charge on any atom is 0.238 e. The fraction of sp³-hybridized carbons (Fsp3) is 0.412. The Morgan fingerprint density at radius 2 is 1.71 bits per heavy atom. The molecule has 2 aliphatic carbocycles. The lowest BCUT2D eigenvalue weighted by Gasteiger charge is -2.19. The van der Waals surface area contributed by atoms with Crippen LogP contribution in [0, 0.1) is 23.7 Å². The molecule has 1 heterocycles. The second-order valence-electron chi connectivity index (χ2n) is 6.57. The van der Waals surface area contributed by atoms with Crippen molar-refractivity contribution >= 4 is 27.3 Å². The molecule has 2 fully saturated rings. The Morgan fingerprint density at radius 3 is 2.25 bits per heavy atom. The maximum absolute atomic E-state index is 12.8. The van der Waals surface area contributed by atoms with Gasteiger partial charge in [0.1, 0.15) is 5.75 Å². The van der Waals surface area contributed by atoms with Gasteiger partial charge in [-0.05, 0) is 36.5 Å². The van der Waals surface area contributed by atoms with Gasteiger partial charge in [0.15, 0.2) is 9.84 Å². The minimum absolute atomic E-state index is 0.00319. The molecule has 0 radical (unpaired) electrons. The Hall–Kier alpha value is -2.15. The largest absolute Gasteiger partial charge is 0.506 e. The number of rotatable bonds is 3. The van der Waals surface area contributed by atoms with Gasteiger partial charge in [-0.3, -0.25) is 9.59 Å². The summed E-state index contributed by atoms with van der Waals surface area (Å²) in [6, 6.07) is 3.73. The quantitative estimate of drug-likeness (QED) is 0.661. The summed E-state index contributed by atoms with van der Waals surface area (Å²) in [5.74, 6) is -1.72. The van der Waals surface area contributed by atoms with Crippen molar-refractivity contribution in [1.82, 2.24) is 0 Å². The average molecular weight is 347 g/mol. The molecule has 0 spiro atoms. The maximum atomic E-state index is 12.8. The van der Waals surface area contributed by atoms with Crippen LogP contribution in [-0.2, 0) is 19.4 Å². The number of phenolic OH excluding ortho intramolecular Hbond substituents is 1. The van der Waals surface area contributed by atoms with Crippen LogP contribution >= 0.6 is 0 Å². The summed E-state index contributed by atoms with van der Waals surface area (Å²) in [6.45, 7) is 1.52. The number of carbonyl (C=O) groups is 2. The Morgan fingerprint density at radius 1 is 1.12 bits per heavy atom.